The summed E-state index contributed by atoms with van der Waals surface area (Å²) in [6.45, 7) is -0.675. The minimum absolute atomic E-state index is 0.162. The van der Waals surface area contributed by atoms with Crippen LogP contribution in [0.25, 0.3) is 5.65 Å². The maximum Gasteiger partial charge on any atom is 0.417 e. The molecule has 3 rings (SSSR count). The van der Waals surface area contributed by atoms with Crippen molar-refractivity contribution in [2.45, 2.75) is 23.8 Å². The van der Waals surface area contributed by atoms with Crippen molar-refractivity contribution in [3.63, 3.8) is 0 Å². The van der Waals surface area contributed by atoms with Gasteiger partial charge in [-0.2, -0.15) is 26.3 Å². The first kappa shape index (κ1) is 22.6. The van der Waals surface area contributed by atoms with Gasteiger partial charge in [0, 0.05) is 6.20 Å². The van der Waals surface area contributed by atoms with Crippen molar-refractivity contribution >= 4 is 38.9 Å². The van der Waals surface area contributed by atoms with Crippen LogP contribution in [0.2, 0.25) is 10.0 Å². The van der Waals surface area contributed by atoms with Gasteiger partial charge < -0.3 is 0 Å². The van der Waals surface area contributed by atoms with Crippen LogP contribution >= 0.6 is 23.2 Å². The first-order valence-corrected chi connectivity index (χ1v) is 9.91. The summed E-state index contributed by atoms with van der Waals surface area (Å²) in [6.07, 6.45) is -9.01. The molecular formula is C15H8Cl2F6N4O2S. The van der Waals surface area contributed by atoms with Crippen molar-refractivity contribution in [2.75, 3.05) is 0 Å². The van der Waals surface area contributed by atoms with Crippen LogP contribution in [0.1, 0.15) is 17.0 Å². The first-order valence-electron chi connectivity index (χ1n) is 7.67. The Hall–Kier alpha value is -2.09. The molecule has 6 nitrogen and oxygen atoms in total. The maximum atomic E-state index is 13.0. The fourth-order valence-electron chi connectivity index (χ4n) is 2.41. The molecule has 0 aliphatic heterocycles. The number of halogens is 8. The third kappa shape index (κ3) is 4.48. The van der Waals surface area contributed by atoms with E-state index < -0.39 is 50.0 Å². The Morgan fingerprint density at radius 1 is 0.967 bits per heavy atom. The second-order valence-electron chi connectivity index (χ2n) is 5.85. The molecule has 0 spiro atoms. The zero-order valence-electron chi connectivity index (χ0n) is 14.2. The van der Waals surface area contributed by atoms with Gasteiger partial charge in [-0.3, -0.25) is 4.40 Å². The minimum Gasteiger partial charge on any atom is -0.283 e. The molecule has 2 heterocycles. The Labute approximate surface area is 174 Å². The Morgan fingerprint density at radius 3 is 2.23 bits per heavy atom. The molecule has 0 unspecified atom stereocenters. The fourth-order valence-corrected chi connectivity index (χ4v) is 3.88. The second-order valence-corrected chi connectivity index (χ2v) is 8.43. The van der Waals surface area contributed by atoms with Crippen LogP contribution in [-0.4, -0.2) is 23.0 Å². The highest BCUT2D eigenvalue weighted by molar-refractivity contribution is 7.89. The van der Waals surface area contributed by atoms with E-state index in [0.717, 1.165) is 16.5 Å². The van der Waals surface area contributed by atoms with Gasteiger partial charge in [-0.05, 0) is 24.3 Å². The monoisotopic (exact) mass is 492 g/mol. The molecule has 2 aromatic heterocycles. The van der Waals surface area contributed by atoms with E-state index in [9.17, 15) is 34.8 Å². The van der Waals surface area contributed by atoms with Crippen LogP contribution < -0.4 is 4.72 Å². The molecular weight excluding hydrogens is 485 g/mol. The lowest BCUT2D eigenvalue weighted by atomic mass is 10.2. The lowest BCUT2D eigenvalue weighted by Crippen LogP contribution is -2.25. The summed E-state index contributed by atoms with van der Waals surface area (Å²) in [7, 11) is -4.50. The minimum atomic E-state index is -4.89. The molecule has 0 bridgehead atoms. The van der Waals surface area contributed by atoms with Crippen molar-refractivity contribution in [1.82, 2.24) is 19.3 Å². The molecule has 0 fully saturated rings. The third-order valence-corrected chi connectivity index (χ3v) is 5.84. The lowest BCUT2D eigenvalue weighted by Gasteiger charge is -2.12. The van der Waals surface area contributed by atoms with E-state index in [0.29, 0.717) is 18.3 Å². The molecule has 1 N–H and O–H groups in total. The summed E-state index contributed by atoms with van der Waals surface area (Å²) >= 11 is 11.2. The highest BCUT2D eigenvalue weighted by Gasteiger charge is 2.35. The number of nitrogens with zero attached hydrogens (tertiary/aromatic N) is 3. The SMILES string of the molecule is O=S(=O)(NCc1nnc2c(Cl)cc(C(F)(F)F)cn12)c1ccc(Cl)c(C(F)(F)F)c1. The largest absolute Gasteiger partial charge is 0.417 e. The molecule has 0 atom stereocenters. The zero-order chi connectivity index (χ0) is 22.5. The summed E-state index contributed by atoms with van der Waals surface area (Å²) in [5.74, 6) is -0.272. The third-order valence-electron chi connectivity index (χ3n) is 3.83. The van der Waals surface area contributed by atoms with E-state index in [1.807, 2.05) is 4.72 Å². The average molecular weight is 493 g/mol. The predicted octanol–water partition coefficient (Wildman–Crippen LogP) is 4.55. The highest BCUT2D eigenvalue weighted by atomic mass is 35.5. The number of sulfonamides is 1. The molecule has 162 valence electrons. The zero-order valence-corrected chi connectivity index (χ0v) is 16.5. The molecule has 0 aliphatic carbocycles. The number of alkyl halides is 6. The molecule has 1 aromatic carbocycles. The number of nitrogens with one attached hydrogen (secondary N) is 1. The number of hydrogen-bond acceptors (Lipinski definition) is 4. The van der Waals surface area contributed by atoms with Crippen molar-refractivity contribution < 1.29 is 34.8 Å². The topological polar surface area (TPSA) is 76.4 Å². The predicted molar refractivity (Wildman–Crippen MR) is 93.5 cm³/mol. The van der Waals surface area contributed by atoms with Gasteiger partial charge >= 0.3 is 12.4 Å². The van der Waals surface area contributed by atoms with Crippen molar-refractivity contribution in [2.24, 2.45) is 0 Å². The van der Waals surface area contributed by atoms with Crippen molar-refractivity contribution in [1.29, 1.82) is 0 Å². The highest BCUT2D eigenvalue weighted by Crippen LogP contribution is 2.36. The Morgan fingerprint density at radius 2 is 1.63 bits per heavy atom. The maximum absolute atomic E-state index is 13.0. The van der Waals surface area contributed by atoms with Crippen LogP contribution in [0, 0.1) is 0 Å². The van der Waals surface area contributed by atoms with Crippen LogP contribution in [0.3, 0.4) is 0 Å². The normalized spacial score (nSPS) is 13.2. The van der Waals surface area contributed by atoms with Crippen LogP contribution in [0.15, 0.2) is 35.4 Å². The number of aromatic nitrogens is 3. The smallest absolute Gasteiger partial charge is 0.283 e. The van der Waals surface area contributed by atoms with E-state index in [1.165, 1.54) is 0 Å². The summed E-state index contributed by atoms with van der Waals surface area (Å²) in [4.78, 5) is -0.748. The summed E-state index contributed by atoms with van der Waals surface area (Å²) in [5.41, 5.74) is -2.65. The van der Waals surface area contributed by atoms with E-state index >= 15 is 0 Å². The molecule has 0 saturated heterocycles. The van der Waals surface area contributed by atoms with Gasteiger partial charge in [-0.1, -0.05) is 23.2 Å². The van der Waals surface area contributed by atoms with Gasteiger partial charge in [-0.25, -0.2) is 13.1 Å². The quantitative estimate of drug-likeness (QED) is 0.542. The second kappa shape index (κ2) is 7.55. The standard InChI is InChI=1S/C15H8Cl2F6N4O2S/c16-10-2-1-8(4-9(10)15(21,22)23)30(28,29)24-5-12-25-26-13-11(17)3-7(6-27(12)13)14(18,19)20/h1-4,6,24H,5H2. The van der Waals surface area contributed by atoms with Gasteiger partial charge in [0.25, 0.3) is 0 Å². The number of rotatable bonds is 4. The van der Waals surface area contributed by atoms with Crippen LogP contribution in [0.5, 0.6) is 0 Å². The first-order chi connectivity index (χ1) is 13.7. The van der Waals surface area contributed by atoms with Gasteiger partial charge in [0.05, 0.1) is 32.6 Å². The van der Waals surface area contributed by atoms with E-state index in [-0.39, 0.29) is 16.5 Å². The summed E-state index contributed by atoms with van der Waals surface area (Å²) in [5, 5.41) is 6.09. The van der Waals surface area contributed by atoms with Gasteiger partial charge in [0.2, 0.25) is 10.0 Å². The molecule has 15 heteroatoms. The number of pyridine rings is 1. The lowest BCUT2D eigenvalue weighted by molar-refractivity contribution is -0.138. The average Bonchev–Trinajstić information content (AvgIpc) is 3.02. The van der Waals surface area contributed by atoms with Crippen molar-refractivity contribution in [3.8, 4) is 0 Å². The van der Waals surface area contributed by atoms with Gasteiger partial charge in [0.1, 0.15) is 0 Å². The van der Waals surface area contributed by atoms with E-state index in [4.69, 9.17) is 23.2 Å². The Balaban J connectivity index is 1.93. The molecule has 30 heavy (non-hydrogen) atoms. The Kier molecular flexibility index (Phi) is 5.69. The Bertz CT molecular complexity index is 1220. The number of fused-ring (bicyclic) bond motifs is 1. The number of hydrogen-bond donors (Lipinski definition) is 1. The fraction of sp³-hybridized carbons (Fsp3) is 0.200. The molecule has 0 aliphatic rings. The van der Waals surface area contributed by atoms with Gasteiger partial charge in [-0.15, -0.1) is 10.2 Å². The number of benzene rings is 1. The van der Waals surface area contributed by atoms with Gasteiger partial charge in [0.15, 0.2) is 11.5 Å². The van der Waals surface area contributed by atoms with Crippen LogP contribution in [0.4, 0.5) is 26.3 Å². The molecule has 0 amide bonds. The summed E-state index contributed by atoms with van der Waals surface area (Å²) < 4.78 is 105. The molecule has 0 saturated carbocycles. The molecule has 3 aromatic rings. The molecule has 0 radical (unpaired) electrons. The summed E-state index contributed by atoms with van der Waals surface area (Å²) in [6, 6.07) is 2.58. The van der Waals surface area contributed by atoms with Crippen LogP contribution in [-0.2, 0) is 28.9 Å². The van der Waals surface area contributed by atoms with Crippen molar-refractivity contribution in [3.05, 3.63) is 57.5 Å². The van der Waals surface area contributed by atoms with E-state index in [1.54, 1.807) is 0 Å². The van der Waals surface area contributed by atoms with E-state index in [2.05, 4.69) is 10.2 Å².